The van der Waals surface area contributed by atoms with Gasteiger partial charge in [0.1, 0.15) is 0 Å². The summed E-state index contributed by atoms with van der Waals surface area (Å²) >= 11 is 0. The lowest BCUT2D eigenvalue weighted by Crippen LogP contribution is -2.34. The smallest absolute Gasteiger partial charge is 0.0233 e. The Balaban J connectivity index is 1.56. The molecule has 2 rings (SSSR count). The van der Waals surface area contributed by atoms with Crippen LogP contribution < -0.4 is 5.32 Å². The van der Waals surface area contributed by atoms with Crippen molar-refractivity contribution in [3.8, 4) is 0 Å². The Morgan fingerprint density at radius 2 is 1.83 bits per heavy atom. The van der Waals surface area contributed by atoms with Gasteiger partial charge in [-0.25, -0.2) is 0 Å². The number of likely N-dealkylation sites (tertiary alicyclic amines) is 1. The predicted octanol–water partition coefficient (Wildman–Crippen LogP) is 3.22. The number of nitrogens with one attached hydrogen (secondary N) is 1. The van der Waals surface area contributed by atoms with Gasteiger partial charge in [-0.1, -0.05) is 30.3 Å². The zero-order chi connectivity index (χ0) is 16.3. The molecule has 1 fully saturated rings. The fraction of sp³-hybridized carbons (Fsp3) is 0.700. The number of hydrogen-bond acceptors (Lipinski definition) is 3. The van der Waals surface area contributed by atoms with E-state index in [2.05, 4.69) is 52.5 Å². The van der Waals surface area contributed by atoms with Gasteiger partial charge in [-0.05, 0) is 90.4 Å². The lowest BCUT2D eigenvalue weighted by atomic mass is 9.93. The van der Waals surface area contributed by atoms with Crippen molar-refractivity contribution < 1.29 is 0 Å². The largest absolute Gasteiger partial charge is 0.320 e. The van der Waals surface area contributed by atoms with Crippen molar-refractivity contribution in [2.75, 3.05) is 46.8 Å². The molecule has 1 aromatic rings. The van der Waals surface area contributed by atoms with E-state index in [1.54, 1.807) is 0 Å². The minimum Gasteiger partial charge on any atom is -0.320 e. The number of hydrogen-bond donors (Lipinski definition) is 1. The molecule has 0 aliphatic carbocycles. The number of benzene rings is 1. The summed E-state index contributed by atoms with van der Waals surface area (Å²) in [6.07, 6.45) is 6.73. The highest BCUT2D eigenvalue weighted by Gasteiger charge is 2.19. The van der Waals surface area contributed by atoms with Gasteiger partial charge in [-0.3, -0.25) is 4.90 Å². The number of unbranched alkanes of at least 4 members (excludes halogenated alkanes) is 1. The molecule has 1 aromatic carbocycles. The molecule has 1 saturated heterocycles. The van der Waals surface area contributed by atoms with Crippen LogP contribution in [0.3, 0.4) is 0 Å². The minimum atomic E-state index is 0.932. The highest BCUT2D eigenvalue weighted by molar-refractivity contribution is 5.14. The second-order valence-electron chi connectivity index (χ2n) is 7.11. The van der Waals surface area contributed by atoms with E-state index < -0.39 is 0 Å². The van der Waals surface area contributed by atoms with Crippen LogP contribution in [0.15, 0.2) is 30.3 Å². The Morgan fingerprint density at radius 3 is 2.52 bits per heavy atom. The molecule has 1 aliphatic heterocycles. The fourth-order valence-electron chi connectivity index (χ4n) is 3.47. The van der Waals surface area contributed by atoms with Crippen LogP contribution in [0.25, 0.3) is 0 Å². The maximum absolute atomic E-state index is 3.22. The summed E-state index contributed by atoms with van der Waals surface area (Å²) in [5.41, 5.74) is 1.45. The van der Waals surface area contributed by atoms with Crippen LogP contribution in [-0.4, -0.2) is 56.6 Å². The van der Waals surface area contributed by atoms with Crippen LogP contribution in [0.4, 0.5) is 0 Å². The lowest BCUT2D eigenvalue weighted by Gasteiger charge is -2.32. The Labute approximate surface area is 143 Å². The number of piperidine rings is 1. The summed E-state index contributed by atoms with van der Waals surface area (Å²) in [6.45, 7) is 7.32. The second-order valence-corrected chi connectivity index (χ2v) is 7.11. The van der Waals surface area contributed by atoms with Crippen molar-refractivity contribution >= 4 is 0 Å². The molecular formula is C20H35N3. The normalized spacial score (nSPS) is 17.0. The van der Waals surface area contributed by atoms with Crippen molar-refractivity contribution in [2.45, 2.75) is 38.6 Å². The summed E-state index contributed by atoms with van der Waals surface area (Å²) in [6, 6.07) is 10.9. The third-order valence-corrected chi connectivity index (χ3v) is 5.09. The van der Waals surface area contributed by atoms with E-state index in [0.717, 1.165) is 19.0 Å². The van der Waals surface area contributed by atoms with Gasteiger partial charge in [0.05, 0.1) is 0 Å². The highest BCUT2D eigenvalue weighted by atomic mass is 15.1. The summed E-state index contributed by atoms with van der Waals surface area (Å²) < 4.78 is 0. The zero-order valence-electron chi connectivity index (χ0n) is 15.1. The van der Waals surface area contributed by atoms with Gasteiger partial charge in [0, 0.05) is 6.54 Å². The molecule has 1 aliphatic rings. The van der Waals surface area contributed by atoms with E-state index in [1.165, 1.54) is 63.8 Å². The molecule has 0 aromatic heterocycles. The zero-order valence-corrected chi connectivity index (χ0v) is 15.1. The Kier molecular flexibility index (Phi) is 8.66. The summed E-state index contributed by atoms with van der Waals surface area (Å²) in [4.78, 5) is 5.14. The van der Waals surface area contributed by atoms with Crippen molar-refractivity contribution in [1.29, 1.82) is 0 Å². The lowest BCUT2D eigenvalue weighted by molar-refractivity contribution is 0.162. The Morgan fingerprint density at radius 1 is 1.09 bits per heavy atom. The van der Waals surface area contributed by atoms with Crippen LogP contribution >= 0.6 is 0 Å². The molecule has 0 atom stereocenters. The van der Waals surface area contributed by atoms with E-state index in [4.69, 9.17) is 0 Å². The van der Waals surface area contributed by atoms with Crippen molar-refractivity contribution in [3.05, 3.63) is 35.9 Å². The average Bonchev–Trinajstić information content (AvgIpc) is 2.59. The van der Waals surface area contributed by atoms with E-state index in [-0.39, 0.29) is 0 Å². The molecule has 1 N–H and O–H groups in total. The first kappa shape index (κ1) is 18.4. The summed E-state index contributed by atoms with van der Waals surface area (Å²) in [5.74, 6) is 0.932. The molecule has 0 spiro atoms. The molecule has 23 heavy (non-hydrogen) atoms. The molecule has 3 nitrogen and oxygen atoms in total. The first-order valence-corrected chi connectivity index (χ1v) is 9.37. The standard InChI is InChI=1S/C20H35N3/c1-21-13-6-7-14-22(2)15-10-19-11-16-23(17-12-19)18-20-8-4-3-5-9-20/h3-5,8-9,19,21H,6-7,10-18H2,1-2H3. The quantitative estimate of drug-likeness (QED) is 0.669. The topological polar surface area (TPSA) is 18.5 Å². The monoisotopic (exact) mass is 317 g/mol. The molecule has 0 saturated carbocycles. The average molecular weight is 318 g/mol. The summed E-state index contributed by atoms with van der Waals surface area (Å²) in [5, 5.41) is 3.22. The number of nitrogens with zero attached hydrogens (tertiary/aromatic N) is 2. The minimum absolute atomic E-state index is 0.932. The van der Waals surface area contributed by atoms with Gasteiger partial charge >= 0.3 is 0 Å². The van der Waals surface area contributed by atoms with Crippen LogP contribution in [0.1, 0.15) is 37.7 Å². The first-order chi connectivity index (χ1) is 11.3. The fourth-order valence-corrected chi connectivity index (χ4v) is 3.47. The third-order valence-electron chi connectivity index (χ3n) is 5.09. The van der Waals surface area contributed by atoms with Gasteiger partial charge in [-0.2, -0.15) is 0 Å². The SMILES string of the molecule is CNCCCCN(C)CCC1CCN(Cc2ccccc2)CC1. The van der Waals surface area contributed by atoms with Gasteiger partial charge < -0.3 is 10.2 Å². The van der Waals surface area contributed by atoms with Gasteiger partial charge in [0.25, 0.3) is 0 Å². The Hall–Kier alpha value is -0.900. The first-order valence-electron chi connectivity index (χ1n) is 9.37. The van der Waals surface area contributed by atoms with Gasteiger partial charge in [-0.15, -0.1) is 0 Å². The summed E-state index contributed by atoms with van der Waals surface area (Å²) in [7, 11) is 4.32. The molecule has 0 radical (unpaired) electrons. The van der Waals surface area contributed by atoms with Gasteiger partial charge in [0.15, 0.2) is 0 Å². The van der Waals surface area contributed by atoms with E-state index >= 15 is 0 Å². The third kappa shape index (κ3) is 7.47. The van der Waals surface area contributed by atoms with Crippen molar-refractivity contribution in [1.82, 2.24) is 15.1 Å². The van der Waals surface area contributed by atoms with Crippen molar-refractivity contribution in [3.63, 3.8) is 0 Å². The van der Waals surface area contributed by atoms with Crippen LogP contribution in [0.2, 0.25) is 0 Å². The second kappa shape index (κ2) is 10.8. The highest BCUT2D eigenvalue weighted by Crippen LogP contribution is 2.22. The molecule has 0 bridgehead atoms. The molecule has 130 valence electrons. The maximum atomic E-state index is 3.22. The van der Waals surface area contributed by atoms with E-state index in [0.29, 0.717) is 0 Å². The molecule has 0 amide bonds. The van der Waals surface area contributed by atoms with E-state index in [9.17, 15) is 0 Å². The molecule has 0 unspecified atom stereocenters. The Bertz CT molecular complexity index is 399. The molecular weight excluding hydrogens is 282 g/mol. The molecule has 3 heteroatoms. The van der Waals surface area contributed by atoms with Crippen molar-refractivity contribution in [2.24, 2.45) is 5.92 Å². The number of rotatable bonds is 10. The van der Waals surface area contributed by atoms with Crippen LogP contribution in [-0.2, 0) is 6.54 Å². The maximum Gasteiger partial charge on any atom is 0.0233 e. The van der Waals surface area contributed by atoms with Gasteiger partial charge in [0.2, 0.25) is 0 Å². The predicted molar refractivity (Wildman–Crippen MR) is 99.7 cm³/mol. The van der Waals surface area contributed by atoms with Crippen LogP contribution in [0, 0.1) is 5.92 Å². The van der Waals surface area contributed by atoms with E-state index in [1.807, 2.05) is 7.05 Å². The van der Waals surface area contributed by atoms with Crippen LogP contribution in [0.5, 0.6) is 0 Å². The molecule has 1 heterocycles.